The number of ether oxygens (including phenoxy) is 1. The van der Waals surface area contributed by atoms with Crippen molar-refractivity contribution in [2.24, 2.45) is 4.99 Å². The van der Waals surface area contributed by atoms with Gasteiger partial charge in [-0.3, -0.25) is 9.98 Å². The van der Waals surface area contributed by atoms with E-state index >= 15 is 0 Å². The summed E-state index contributed by atoms with van der Waals surface area (Å²) in [6.45, 7) is 4.53. The highest BCUT2D eigenvalue weighted by atomic mass is 19.1. The van der Waals surface area contributed by atoms with E-state index in [4.69, 9.17) is 4.74 Å². The second kappa shape index (κ2) is 8.29. The summed E-state index contributed by atoms with van der Waals surface area (Å²) in [5, 5.41) is 6.46. The zero-order valence-electron chi connectivity index (χ0n) is 14.4. The van der Waals surface area contributed by atoms with E-state index in [0.717, 1.165) is 16.8 Å². The fourth-order valence-corrected chi connectivity index (χ4v) is 2.31. The molecule has 24 heavy (non-hydrogen) atoms. The number of benzene rings is 1. The van der Waals surface area contributed by atoms with Gasteiger partial charge < -0.3 is 15.4 Å². The van der Waals surface area contributed by atoms with Crippen LogP contribution in [0.25, 0.3) is 0 Å². The van der Waals surface area contributed by atoms with Crippen molar-refractivity contribution in [2.45, 2.75) is 26.4 Å². The average molecular weight is 330 g/mol. The Balaban J connectivity index is 1.99. The first-order valence-electron chi connectivity index (χ1n) is 7.76. The highest BCUT2D eigenvalue weighted by molar-refractivity contribution is 5.80. The van der Waals surface area contributed by atoms with Crippen LogP contribution in [0.4, 0.5) is 4.39 Å². The minimum atomic E-state index is -0.379. The van der Waals surface area contributed by atoms with Crippen molar-refractivity contribution < 1.29 is 9.13 Å². The average Bonchev–Trinajstić information content (AvgIpc) is 2.59. The Morgan fingerprint density at radius 3 is 2.79 bits per heavy atom. The molecule has 1 heterocycles. The van der Waals surface area contributed by atoms with Gasteiger partial charge in [-0.15, -0.1) is 0 Å². The molecule has 0 aliphatic carbocycles. The van der Waals surface area contributed by atoms with Crippen molar-refractivity contribution in [1.29, 1.82) is 0 Å². The second-order valence-electron chi connectivity index (χ2n) is 5.45. The number of aromatic nitrogens is 1. The van der Waals surface area contributed by atoms with Crippen LogP contribution < -0.4 is 15.4 Å². The van der Waals surface area contributed by atoms with E-state index in [1.54, 1.807) is 19.3 Å². The van der Waals surface area contributed by atoms with Crippen LogP contribution in [-0.2, 0) is 6.54 Å². The molecule has 0 fully saturated rings. The lowest BCUT2D eigenvalue weighted by Crippen LogP contribution is -2.38. The van der Waals surface area contributed by atoms with Crippen LogP contribution in [0.1, 0.15) is 29.8 Å². The molecule has 5 nitrogen and oxygen atoms in total. The van der Waals surface area contributed by atoms with Gasteiger partial charge in [0.25, 0.3) is 0 Å². The summed E-state index contributed by atoms with van der Waals surface area (Å²) in [4.78, 5) is 8.55. The third kappa shape index (κ3) is 4.44. The number of pyridine rings is 1. The van der Waals surface area contributed by atoms with Crippen molar-refractivity contribution >= 4 is 5.96 Å². The molecule has 1 unspecified atom stereocenters. The molecule has 0 spiro atoms. The molecule has 0 aliphatic heterocycles. The normalized spacial score (nSPS) is 12.6. The summed E-state index contributed by atoms with van der Waals surface area (Å²) in [6.07, 6.45) is 1.77. The molecule has 2 aromatic rings. The number of rotatable bonds is 5. The summed E-state index contributed by atoms with van der Waals surface area (Å²) in [5.74, 6) is 0.485. The molecule has 0 saturated heterocycles. The molecule has 0 saturated carbocycles. The Kier molecular flexibility index (Phi) is 6.12. The van der Waals surface area contributed by atoms with E-state index in [1.165, 1.54) is 13.2 Å². The van der Waals surface area contributed by atoms with Crippen LogP contribution in [0.3, 0.4) is 0 Å². The minimum Gasteiger partial charge on any atom is -0.494 e. The minimum absolute atomic E-state index is 0.110. The Bertz CT molecular complexity index is 718. The Morgan fingerprint density at radius 1 is 1.38 bits per heavy atom. The monoisotopic (exact) mass is 330 g/mol. The van der Waals surface area contributed by atoms with Gasteiger partial charge in [0.15, 0.2) is 17.5 Å². The number of hydrogen-bond donors (Lipinski definition) is 2. The molecule has 1 aromatic carbocycles. The van der Waals surface area contributed by atoms with Gasteiger partial charge in [-0.1, -0.05) is 12.1 Å². The zero-order valence-corrected chi connectivity index (χ0v) is 14.4. The first kappa shape index (κ1) is 17.7. The van der Waals surface area contributed by atoms with Gasteiger partial charge in [0.2, 0.25) is 0 Å². The van der Waals surface area contributed by atoms with Crippen molar-refractivity contribution in [3.8, 4) is 5.75 Å². The summed E-state index contributed by atoms with van der Waals surface area (Å²) in [7, 11) is 3.15. The number of aryl methyl sites for hydroxylation is 1. The maximum Gasteiger partial charge on any atom is 0.191 e. The van der Waals surface area contributed by atoms with Crippen molar-refractivity contribution in [3.63, 3.8) is 0 Å². The van der Waals surface area contributed by atoms with Gasteiger partial charge in [-0.25, -0.2) is 4.39 Å². The summed E-state index contributed by atoms with van der Waals surface area (Å²) in [5.41, 5.74) is 2.89. The maximum atomic E-state index is 13.8. The number of halogens is 1. The largest absolute Gasteiger partial charge is 0.494 e. The van der Waals surface area contributed by atoms with E-state index in [2.05, 4.69) is 20.6 Å². The fourth-order valence-electron chi connectivity index (χ4n) is 2.31. The van der Waals surface area contributed by atoms with Crippen LogP contribution in [0, 0.1) is 12.7 Å². The molecular formula is C18H23FN4O. The van der Waals surface area contributed by atoms with Gasteiger partial charge in [0.1, 0.15) is 0 Å². The van der Waals surface area contributed by atoms with Gasteiger partial charge in [0, 0.05) is 13.2 Å². The number of hydrogen-bond acceptors (Lipinski definition) is 3. The van der Waals surface area contributed by atoms with Gasteiger partial charge >= 0.3 is 0 Å². The molecular weight excluding hydrogens is 307 g/mol. The lowest BCUT2D eigenvalue weighted by atomic mass is 10.1. The molecule has 6 heteroatoms. The molecule has 0 amide bonds. The van der Waals surface area contributed by atoms with Crippen LogP contribution in [-0.4, -0.2) is 25.1 Å². The molecule has 2 rings (SSSR count). The fraction of sp³-hybridized carbons (Fsp3) is 0.333. The lowest BCUT2D eigenvalue weighted by molar-refractivity contribution is 0.386. The van der Waals surface area contributed by atoms with Crippen molar-refractivity contribution in [2.75, 3.05) is 14.2 Å². The van der Waals surface area contributed by atoms with Crippen molar-refractivity contribution in [3.05, 3.63) is 59.2 Å². The third-order valence-electron chi connectivity index (χ3n) is 3.79. The number of nitrogens with one attached hydrogen (secondary N) is 2. The zero-order chi connectivity index (χ0) is 17.5. The van der Waals surface area contributed by atoms with Crippen molar-refractivity contribution in [1.82, 2.24) is 15.6 Å². The SMILES string of the molecule is CN=C(NCc1ncccc1C)NC(C)c1ccc(OC)c(F)c1. The van der Waals surface area contributed by atoms with Crippen LogP contribution >= 0.6 is 0 Å². The van der Waals surface area contributed by atoms with Crippen LogP contribution in [0.5, 0.6) is 5.75 Å². The topological polar surface area (TPSA) is 58.5 Å². The molecule has 1 aromatic heterocycles. The van der Waals surface area contributed by atoms with Gasteiger partial charge in [0.05, 0.1) is 25.4 Å². The summed E-state index contributed by atoms with van der Waals surface area (Å²) in [6, 6.07) is 8.73. The van der Waals surface area contributed by atoms with E-state index in [0.29, 0.717) is 12.5 Å². The Morgan fingerprint density at radius 2 is 2.17 bits per heavy atom. The van der Waals surface area contributed by atoms with Crippen LogP contribution in [0.15, 0.2) is 41.5 Å². The predicted octanol–water partition coefficient (Wildman–Crippen LogP) is 2.96. The standard InChI is InChI=1S/C18H23FN4O/c1-12-6-5-9-21-16(12)11-22-18(20-3)23-13(2)14-7-8-17(24-4)15(19)10-14/h5-10,13H,11H2,1-4H3,(H2,20,22,23). The lowest BCUT2D eigenvalue weighted by Gasteiger charge is -2.19. The third-order valence-corrected chi connectivity index (χ3v) is 3.79. The van der Waals surface area contributed by atoms with E-state index < -0.39 is 0 Å². The maximum absolute atomic E-state index is 13.8. The number of aliphatic imine (C=N–C) groups is 1. The number of methoxy groups -OCH3 is 1. The molecule has 2 N–H and O–H groups in total. The molecule has 1 atom stereocenters. The molecule has 0 radical (unpaired) electrons. The van der Waals surface area contributed by atoms with Crippen LogP contribution in [0.2, 0.25) is 0 Å². The van der Waals surface area contributed by atoms with E-state index in [1.807, 2.05) is 32.0 Å². The first-order chi connectivity index (χ1) is 11.5. The highest BCUT2D eigenvalue weighted by Gasteiger charge is 2.11. The highest BCUT2D eigenvalue weighted by Crippen LogP contribution is 2.21. The quantitative estimate of drug-likeness (QED) is 0.654. The number of nitrogens with zero attached hydrogens (tertiary/aromatic N) is 2. The van der Waals surface area contributed by atoms with Gasteiger partial charge in [-0.2, -0.15) is 0 Å². The smallest absolute Gasteiger partial charge is 0.191 e. The Labute approximate surface area is 142 Å². The van der Waals surface area contributed by atoms with E-state index in [-0.39, 0.29) is 17.6 Å². The predicted molar refractivity (Wildman–Crippen MR) is 93.7 cm³/mol. The second-order valence-corrected chi connectivity index (χ2v) is 5.45. The summed E-state index contributed by atoms with van der Waals surface area (Å²) < 4.78 is 18.8. The molecule has 0 bridgehead atoms. The van der Waals surface area contributed by atoms with Gasteiger partial charge in [-0.05, 0) is 43.2 Å². The number of guanidine groups is 1. The Hall–Kier alpha value is -2.63. The molecule has 128 valence electrons. The molecule has 0 aliphatic rings. The van der Waals surface area contributed by atoms with E-state index in [9.17, 15) is 4.39 Å². The first-order valence-corrected chi connectivity index (χ1v) is 7.76. The summed E-state index contributed by atoms with van der Waals surface area (Å²) >= 11 is 0.